The molecule has 1 N–H and O–H groups in total. The smallest absolute Gasteiger partial charge is 0.344 e. The molecule has 5 nitrogen and oxygen atoms in total. The summed E-state index contributed by atoms with van der Waals surface area (Å²) in [6.07, 6.45) is 7.97. The van der Waals surface area contributed by atoms with Gasteiger partial charge in [-0.2, -0.15) is 5.06 Å². The van der Waals surface area contributed by atoms with Gasteiger partial charge in [-0.1, -0.05) is 12.2 Å². The van der Waals surface area contributed by atoms with Crippen LogP contribution in [0.15, 0.2) is 12.2 Å². The number of carbonyl (C=O) groups excluding carboxylic acids is 1. The van der Waals surface area contributed by atoms with Crippen LogP contribution in [0.2, 0.25) is 0 Å². The molecule has 17 heavy (non-hydrogen) atoms. The van der Waals surface area contributed by atoms with Crippen molar-refractivity contribution < 1.29 is 14.7 Å². The number of likely N-dealkylation sites (tertiary alicyclic amines) is 1. The number of aliphatic hydroxyl groups is 1. The Morgan fingerprint density at radius 1 is 1.35 bits per heavy atom. The highest BCUT2D eigenvalue weighted by Gasteiger charge is 2.39. The Hall–Kier alpha value is -1.07. The minimum Gasteiger partial charge on any atom is -0.394 e. The molecule has 1 aliphatic carbocycles. The zero-order valence-electron chi connectivity index (χ0n) is 9.79. The predicted octanol–water partition coefficient (Wildman–Crippen LogP) is 0.897. The number of aliphatic hydroxyl groups excluding tert-OH is 1. The van der Waals surface area contributed by atoms with Crippen LogP contribution in [0.4, 0.5) is 4.79 Å². The minimum absolute atomic E-state index is 0.0319. The van der Waals surface area contributed by atoms with Crippen LogP contribution in [-0.4, -0.2) is 52.4 Å². The Bertz CT molecular complexity index is 345. The van der Waals surface area contributed by atoms with E-state index in [9.17, 15) is 9.90 Å². The van der Waals surface area contributed by atoms with Gasteiger partial charge in [0.2, 0.25) is 0 Å². The normalized spacial score (nSPS) is 35.7. The van der Waals surface area contributed by atoms with Crippen LogP contribution < -0.4 is 0 Å². The van der Waals surface area contributed by atoms with Crippen molar-refractivity contribution in [2.24, 2.45) is 0 Å². The molecule has 0 aromatic carbocycles. The van der Waals surface area contributed by atoms with Crippen LogP contribution in [0.25, 0.3) is 0 Å². The summed E-state index contributed by atoms with van der Waals surface area (Å²) in [6, 6.07) is -0.0384. The SMILES string of the molecule is O=C(N1CCCC1CO)N1OC2C=CC1CC2. The highest BCUT2D eigenvalue weighted by molar-refractivity contribution is 5.75. The first-order chi connectivity index (χ1) is 8.29. The summed E-state index contributed by atoms with van der Waals surface area (Å²) >= 11 is 0. The summed E-state index contributed by atoms with van der Waals surface area (Å²) in [5.41, 5.74) is 0. The van der Waals surface area contributed by atoms with E-state index in [2.05, 4.69) is 6.08 Å². The van der Waals surface area contributed by atoms with Gasteiger partial charge >= 0.3 is 6.03 Å². The standard InChI is InChI=1S/C12H18N2O3/c15-8-10-2-1-7-13(10)12(16)14-9-3-5-11(17-14)6-4-9/h3,5,9-11,15H,1-2,4,6-8H2. The first kappa shape index (κ1) is 11.0. The summed E-state index contributed by atoms with van der Waals surface area (Å²) in [5, 5.41) is 10.8. The lowest BCUT2D eigenvalue weighted by molar-refractivity contribution is -0.201. The van der Waals surface area contributed by atoms with Gasteiger partial charge in [0, 0.05) is 6.54 Å². The van der Waals surface area contributed by atoms with Crippen LogP contribution in [0.5, 0.6) is 0 Å². The molecule has 4 aliphatic rings. The third-order valence-corrected chi connectivity index (χ3v) is 3.87. The lowest BCUT2D eigenvalue weighted by Crippen LogP contribution is -2.54. The van der Waals surface area contributed by atoms with E-state index in [1.807, 2.05) is 6.08 Å². The summed E-state index contributed by atoms with van der Waals surface area (Å²) in [7, 11) is 0. The van der Waals surface area contributed by atoms with Gasteiger partial charge in [0.15, 0.2) is 0 Å². The van der Waals surface area contributed by atoms with Crippen molar-refractivity contribution >= 4 is 6.03 Å². The topological polar surface area (TPSA) is 53.0 Å². The molecule has 2 bridgehead atoms. The predicted molar refractivity (Wildman–Crippen MR) is 61.1 cm³/mol. The van der Waals surface area contributed by atoms with Crippen LogP contribution in [0, 0.1) is 0 Å². The van der Waals surface area contributed by atoms with E-state index in [-0.39, 0.29) is 30.8 Å². The highest BCUT2D eigenvalue weighted by atomic mass is 16.7. The molecular formula is C12H18N2O3. The van der Waals surface area contributed by atoms with Gasteiger partial charge in [0.1, 0.15) is 6.10 Å². The zero-order chi connectivity index (χ0) is 11.8. The van der Waals surface area contributed by atoms with Crippen molar-refractivity contribution in [1.29, 1.82) is 0 Å². The van der Waals surface area contributed by atoms with Crippen molar-refractivity contribution in [1.82, 2.24) is 9.96 Å². The van der Waals surface area contributed by atoms with Crippen LogP contribution in [0.1, 0.15) is 25.7 Å². The lowest BCUT2D eigenvalue weighted by Gasteiger charge is -2.42. The van der Waals surface area contributed by atoms with Gasteiger partial charge in [-0.05, 0) is 25.7 Å². The number of hydroxylamine groups is 2. The van der Waals surface area contributed by atoms with Crippen LogP contribution in [-0.2, 0) is 4.84 Å². The van der Waals surface area contributed by atoms with Crippen molar-refractivity contribution in [3.8, 4) is 0 Å². The van der Waals surface area contributed by atoms with Gasteiger partial charge in [0.05, 0.1) is 18.7 Å². The maximum Gasteiger partial charge on any atom is 0.344 e. The summed E-state index contributed by atoms with van der Waals surface area (Å²) < 4.78 is 0. The number of rotatable bonds is 1. The van der Waals surface area contributed by atoms with E-state index in [1.165, 1.54) is 5.06 Å². The molecule has 0 spiro atoms. The number of hydrogen-bond acceptors (Lipinski definition) is 3. The Labute approximate surface area is 101 Å². The second-order valence-corrected chi connectivity index (χ2v) is 4.95. The molecule has 0 aromatic rings. The number of fused-ring (bicyclic) bond motifs is 2. The fourth-order valence-corrected chi connectivity index (χ4v) is 2.88. The van der Waals surface area contributed by atoms with Gasteiger partial charge in [-0.3, -0.25) is 4.84 Å². The quantitative estimate of drug-likeness (QED) is 0.690. The first-order valence-corrected chi connectivity index (χ1v) is 6.35. The molecule has 2 saturated heterocycles. The molecule has 3 atom stereocenters. The van der Waals surface area contributed by atoms with Gasteiger partial charge in [-0.25, -0.2) is 4.79 Å². The van der Waals surface area contributed by atoms with Gasteiger partial charge < -0.3 is 10.0 Å². The monoisotopic (exact) mass is 238 g/mol. The lowest BCUT2D eigenvalue weighted by atomic mass is 9.98. The summed E-state index contributed by atoms with van der Waals surface area (Å²) in [6.45, 7) is 0.772. The van der Waals surface area contributed by atoms with Crippen molar-refractivity contribution in [3.63, 3.8) is 0 Å². The zero-order valence-corrected chi connectivity index (χ0v) is 9.79. The average Bonchev–Trinajstić information content (AvgIpc) is 2.87. The number of urea groups is 1. The molecule has 0 radical (unpaired) electrons. The average molecular weight is 238 g/mol. The van der Waals surface area contributed by atoms with Gasteiger partial charge in [0.25, 0.3) is 0 Å². The van der Waals surface area contributed by atoms with E-state index in [0.29, 0.717) is 0 Å². The van der Waals surface area contributed by atoms with Crippen molar-refractivity contribution in [2.45, 2.75) is 43.9 Å². The Morgan fingerprint density at radius 3 is 2.82 bits per heavy atom. The molecule has 2 amide bonds. The number of amides is 2. The number of nitrogens with zero attached hydrogens (tertiary/aromatic N) is 2. The van der Waals surface area contributed by atoms with E-state index in [0.717, 1.165) is 32.2 Å². The molecular weight excluding hydrogens is 220 g/mol. The fraction of sp³-hybridized carbons (Fsp3) is 0.750. The van der Waals surface area contributed by atoms with E-state index in [1.54, 1.807) is 4.90 Å². The third kappa shape index (κ3) is 1.83. The second kappa shape index (κ2) is 4.31. The molecule has 2 fully saturated rings. The minimum atomic E-state index is -0.0828. The Kier molecular flexibility index (Phi) is 2.80. The summed E-state index contributed by atoms with van der Waals surface area (Å²) in [4.78, 5) is 19.7. The van der Waals surface area contributed by atoms with Gasteiger partial charge in [-0.15, -0.1) is 0 Å². The maximum absolute atomic E-state index is 12.3. The molecule has 0 aromatic heterocycles. The maximum atomic E-state index is 12.3. The first-order valence-electron chi connectivity index (χ1n) is 6.35. The van der Waals surface area contributed by atoms with E-state index >= 15 is 0 Å². The molecule has 5 heteroatoms. The number of carbonyl (C=O) groups is 1. The second-order valence-electron chi connectivity index (χ2n) is 4.95. The van der Waals surface area contributed by atoms with Crippen molar-refractivity contribution in [2.75, 3.05) is 13.2 Å². The van der Waals surface area contributed by atoms with Crippen LogP contribution >= 0.6 is 0 Å². The molecule has 3 heterocycles. The van der Waals surface area contributed by atoms with Crippen molar-refractivity contribution in [3.05, 3.63) is 12.2 Å². The van der Waals surface area contributed by atoms with E-state index in [4.69, 9.17) is 4.84 Å². The summed E-state index contributed by atoms with van der Waals surface area (Å²) in [5.74, 6) is 0. The molecule has 94 valence electrons. The Morgan fingerprint density at radius 2 is 2.24 bits per heavy atom. The number of hydrogen-bond donors (Lipinski definition) is 1. The Balaban J connectivity index is 1.72. The van der Waals surface area contributed by atoms with Crippen LogP contribution in [0.3, 0.4) is 0 Å². The fourth-order valence-electron chi connectivity index (χ4n) is 2.88. The van der Waals surface area contributed by atoms with E-state index < -0.39 is 0 Å². The highest BCUT2D eigenvalue weighted by Crippen LogP contribution is 2.30. The molecule has 4 rings (SSSR count). The molecule has 0 saturated carbocycles. The third-order valence-electron chi connectivity index (χ3n) is 3.87. The molecule has 3 unspecified atom stereocenters. The largest absolute Gasteiger partial charge is 0.394 e. The molecule has 3 aliphatic heterocycles.